The maximum Gasteiger partial charge on any atom is 0.254 e. The summed E-state index contributed by atoms with van der Waals surface area (Å²) < 4.78 is 11.6. The molecular formula is C23H45NO4. The van der Waals surface area contributed by atoms with Gasteiger partial charge in [-0.05, 0) is 20.3 Å². The third kappa shape index (κ3) is 9.71. The highest BCUT2D eigenvalue weighted by Gasteiger charge is 2.48. The van der Waals surface area contributed by atoms with Gasteiger partial charge in [-0.1, -0.05) is 84.0 Å². The fourth-order valence-corrected chi connectivity index (χ4v) is 3.87. The van der Waals surface area contributed by atoms with Crippen molar-refractivity contribution in [3.05, 3.63) is 0 Å². The van der Waals surface area contributed by atoms with E-state index in [1.54, 1.807) is 27.9 Å². The third-order valence-electron chi connectivity index (χ3n) is 5.55. The van der Waals surface area contributed by atoms with E-state index in [0.717, 1.165) is 12.8 Å². The highest BCUT2D eigenvalue weighted by molar-refractivity contribution is 5.81. The molecule has 0 aromatic heterocycles. The maximum absolute atomic E-state index is 12.3. The molecule has 1 N–H and O–H groups in total. The normalized spacial score (nSPS) is 22.4. The van der Waals surface area contributed by atoms with E-state index >= 15 is 0 Å². The number of hydrogen-bond acceptors (Lipinski definition) is 4. The summed E-state index contributed by atoms with van der Waals surface area (Å²) in [5.41, 5.74) is 0. The number of amides is 1. The fraction of sp³-hybridized carbons (Fsp3) is 0.957. The van der Waals surface area contributed by atoms with Gasteiger partial charge in [0.25, 0.3) is 5.91 Å². The largest absolute Gasteiger partial charge is 0.390 e. The molecule has 1 aliphatic heterocycles. The second-order valence-electron chi connectivity index (χ2n) is 9.00. The molecule has 1 aliphatic rings. The van der Waals surface area contributed by atoms with Crippen LogP contribution in [-0.4, -0.2) is 54.1 Å². The van der Waals surface area contributed by atoms with Gasteiger partial charge < -0.3 is 19.5 Å². The third-order valence-corrected chi connectivity index (χ3v) is 5.55. The van der Waals surface area contributed by atoms with E-state index in [-0.39, 0.29) is 5.91 Å². The van der Waals surface area contributed by atoms with Gasteiger partial charge in [-0.2, -0.15) is 0 Å². The minimum absolute atomic E-state index is 0.149. The fourth-order valence-electron chi connectivity index (χ4n) is 3.87. The van der Waals surface area contributed by atoms with Gasteiger partial charge in [0.1, 0.15) is 6.10 Å². The van der Waals surface area contributed by atoms with Crippen molar-refractivity contribution in [2.24, 2.45) is 0 Å². The average molecular weight is 400 g/mol. The number of nitrogens with zero attached hydrogens (tertiary/aromatic N) is 1. The predicted molar refractivity (Wildman–Crippen MR) is 114 cm³/mol. The van der Waals surface area contributed by atoms with Crippen molar-refractivity contribution >= 4 is 5.91 Å². The van der Waals surface area contributed by atoms with Crippen LogP contribution in [0.5, 0.6) is 0 Å². The lowest BCUT2D eigenvalue weighted by Gasteiger charge is -2.23. The molecular weight excluding hydrogens is 354 g/mol. The second-order valence-corrected chi connectivity index (χ2v) is 9.00. The lowest BCUT2D eigenvalue weighted by molar-refractivity contribution is -0.163. The van der Waals surface area contributed by atoms with Crippen molar-refractivity contribution < 1.29 is 19.4 Å². The zero-order chi connectivity index (χ0) is 21.0. The van der Waals surface area contributed by atoms with E-state index in [2.05, 4.69) is 6.92 Å². The maximum atomic E-state index is 12.3. The predicted octanol–water partition coefficient (Wildman–Crippen LogP) is 5.05. The topological polar surface area (TPSA) is 59.0 Å². The van der Waals surface area contributed by atoms with Gasteiger partial charge in [0, 0.05) is 14.1 Å². The van der Waals surface area contributed by atoms with Crippen LogP contribution in [0.2, 0.25) is 0 Å². The van der Waals surface area contributed by atoms with Crippen LogP contribution in [0, 0.1) is 0 Å². The summed E-state index contributed by atoms with van der Waals surface area (Å²) in [6.07, 6.45) is 14.2. The molecule has 1 fully saturated rings. The summed E-state index contributed by atoms with van der Waals surface area (Å²) in [5.74, 6) is -0.984. The molecule has 1 saturated heterocycles. The van der Waals surface area contributed by atoms with E-state index in [1.807, 2.05) is 0 Å². The van der Waals surface area contributed by atoms with Gasteiger partial charge in [0.15, 0.2) is 11.9 Å². The number of rotatable bonds is 15. The summed E-state index contributed by atoms with van der Waals surface area (Å²) in [6.45, 7) is 5.84. The number of aliphatic hydroxyl groups excluding tert-OH is 1. The van der Waals surface area contributed by atoms with E-state index in [9.17, 15) is 9.90 Å². The second kappa shape index (κ2) is 13.6. The first-order valence-electron chi connectivity index (χ1n) is 11.5. The molecule has 1 amide bonds. The van der Waals surface area contributed by atoms with Gasteiger partial charge in [0.05, 0.1) is 6.10 Å². The molecule has 5 heteroatoms. The van der Waals surface area contributed by atoms with Gasteiger partial charge in [0.2, 0.25) is 0 Å². The molecule has 1 rings (SSSR count). The Morgan fingerprint density at radius 2 is 1.36 bits per heavy atom. The first-order valence-corrected chi connectivity index (χ1v) is 11.5. The monoisotopic (exact) mass is 399 g/mol. The number of aliphatic hydroxyl groups is 1. The van der Waals surface area contributed by atoms with Gasteiger partial charge >= 0.3 is 0 Å². The molecule has 0 aromatic carbocycles. The molecule has 5 nitrogen and oxygen atoms in total. The Kier molecular flexibility index (Phi) is 12.3. The Hall–Kier alpha value is -0.650. The zero-order valence-electron chi connectivity index (χ0n) is 19.0. The Morgan fingerprint density at radius 3 is 1.82 bits per heavy atom. The minimum atomic E-state index is -0.835. The summed E-state index contributed by atoms with van der Waals surface area (Å²) in [6, 6.07) is 0. The first kappa shape index (κ1) is 25.4. The van der Waals surface area contributed by atoms with Crippen LogP contribution in [0.25, 0.3) is 0 Å². The van der Waals surface area contributed by atoms with Crippen molar-refractivity contribution in [3.63, 3.8) is 0 Å². The van der Waals surface area contributed by atoms with E-state index < -0.39 is 24.1 Å². The highest BCUT2D eigenvalue weighted by Crippen LogP contribution is 2.32. The standard InChI is InChI=1S/C23H45NO4/c1-6-7-8-9-10-11-12-13-14-15-16-17-18-19(25)20-21(22(26)24(4)5)28-23(2,3)27-20/h19-21,25H,6-18H2,1-5H3/t19-,20+,21-/m0/s1. The van der Waals surface area contributed by atoms with E-state index in [4.69, 9.17) is 9.47 Å². The number of carbonyl (C=O) groups is 1. The van der Waals surface area contributed by atoms with Crippen LogP contribution in [0.4, 0.5) is 0 Å². The number of unbranched alkanes of at least 4 members (excludes halogenated alkanes) is 11. The summed E-state index contributed by atoms with van der Waals surface area (Å²) in [7, 11) is 3.40. The van der Waals surface area contributed by atoms with Crippen LogP contribution in [-0.2, 0) is 14.3 Å². The summed E-state index contributed by atoms with van der Waals surface area (Å²) in [5, 5.41) is 10.6. The summed E-state index contributed by atoms with van der Waals surface area (Å²) in [4.78, 5) is 13.8. The first-order chi connectivity index (χ1) is 13.3. The average Bonchev–Trinajstić information content (AvgIpc) is 2.97. The Balaban J connectivity index is 2.13. The quantitative estimate of drug-likeness (QED) is 0.392. The molecule has 0 aromatic rings. The number of hydrogen-bond donors (Lipinski definition) is 1. The number of ether oxygens (including phenoxy) is 2. The Bertz CT molecular complexity index is 425. The SMILES string of the molecule is CCCCCCCCCCCCCC[C@H](O)[C@H]1OC(C)(C)O[C@@H]1C(=O)N(C)C. The molecule has 0 spiro atoms. The lowest BCUT2D eigenvalue weighted by Crippen LogP contribution is -2.45. The smallest absolute Gasteiger partial charge is 0.254 e. The number of likely N-dealkylation sites (N-methyl/N-ethyl adjacent to an activating group) is 1. The Labute approximate surface area is 173 Å². The Morgan fingerprint density at radius 1 is 0.893 bits per heavy atom. The summed E-state index contributed by atoms with van der Waals surface area (Å²) >= 11 is 0. The van der Waals surface area contributed by atoms with Crippen molar-refractivity contribution in [3.8, 4) is 0 Å². The van der Waals surface area contributed by atoms with Crippen molar-refractivity contribution in [2.45, 2.75) is 128 Å². The van der Waals surface area contributed by atoms with Crippen LogP contribution in [0.1, 0.15) is 104 Å². The molecule has 0 radical (unpaired) electrons. The van der Waals surface area contributed by atoms with Crippen LogP contribution in [0.15, 0.2) is 0 Å². The minimum Gasteiger partial charge on any atom is -0.390 e. The molecule has 3 atom stereocenters. The van der Waals surface area contributed by atoms with Crippen LogP contribution < -0.4 is 0 Å². The molecule has 0 bridgehead atoms. The molecule has 1 heterocycles. The van der Waals surface area contributed by atoms with Crippen molar-refractivity contribution in [2.75, 3.05) is 14.1 Å². The molecule has 166 valence electrons. The highest BCUT2D eigenvalue weighted by atomic mass is 16.8. The van der Waals surface area contributed by atoms with Crippen LogP contribution >= 0.6 is 0 Å². The van der Waals surface area contributed by atoms with E-state index in [1.165, 1.54) is 69.1 Å². The van der Waals surface area contributed by atoms with Gasteiger partial charge in [-0.25, -0.2) is 0 Å². The zero-order valence-corrected chi connectivity index (χ0v) is 19.0. The van der Waals surface area contributed by atoms with E-state index in [0.29, 0.717) is 6.42 Å². The molecule has 0 aliphatic carbocycles. The van der Waals surface area contributed by atoms with Gasteiger partial charge in [-0.3, -0.25) is 4.79 Å². The van der Waals surface area contributed by atoms with Crippen LogP contribution in [0.3, 0.4) is 0 Å². The van der Waals surface area contributed by atoms with Crippen molar-refractivity contribution in [1.29, 1.82) is 0 Å². The van der Waals surface area contributed by atoms with Crippen molar-refractivity contribution in [1.82, 2.24) is 4.90 Å². The molecule has 0 unspecified atom stereocenters. The number of carbonyl (C=O) groups excluding carboxylic acids is 1. The van der Waals surface area contributed by atoms with Gasteiger partial charge in [-0.15, -0.1) is 0 Å². The molecule has 0 saturated carbocycles. The lowest BCUT2D eigenvalue weighted by atomic mass is 10.00. The molecule has 28 heavy (non-hydrogen) atoms.